The van der Waals surface area contributed by atoms with Crippen molar-refractivity contribution in [2.75, 3.05) is 11.1 Å². The zero-order chi connectivity index (χ0) is 29.9. The molecule has 1 amide bonds. The van der Waals surface area contributed by atoms with Crippen molar-refractivity contribution in [1.82, 2.24) is 19.5 Å². The van der Waals surface area contributed by atoms with E-state index >= 15 is 4.39 Å². The summed E-state index contributed by atoms with van der Waals surface area (Å²) in [7, 11) is 0. The van der Waals surface area contributed by atoms with Gasteiger partial charge < -0.3 is 16.2 Å². The van der Waals surface area contributed by atoms with E-state index < -0.39 is 11.8 Å². The summed E-state index contributed by atoms with van der Waals surface area (Å²) in [6, 6.07) is 20.4. The van der Waals surface area contributed by atoms with Crippen molar-refractivity contribution >= 4 is 34.5 Å². The first-order valence-electron chi connectivity index (χ1n) is 14.2. The van der Waals surface area contributed by atoms with Crippen LogP contribution in [-0.4, -0.2) is 36.5 Å². The fourth-order valence-corrected chi connectivity index (χ4v) is 6.66. The number of pyridine rings is 2. The lowest BCUT2D eigenvalue weighted by atomic mass is 9.48. The number of amides is 1. The van der Waals surface area contributed by atoms with E-state index in [1.807, 2.05) is 48.5 Å². The molecule has 0 unspecified atom stereocenters. The highest BCUT2D eigenvalue weighted by Crippen LogP contribution is 2.61. The fourth-order valence-electron chi connectivity index (χ4n) is 6.66. The second kappa shape index (κ2) is 10.0. The average molecular weight is 577 g/mol. The van der Waals surface area contributed by atoms with Gasteiger partial charge in [-0.3, -0.25) is 14.2 Å². The number of carboxylic acid groups (broad SMARTS) is 1. The molecule has 2 aliphatic carbocycles. The number of benzene rings is 2. The Hall–Kier alpha value is -5.12. The maximum Gasteiger partial charge on any atom is 0.306 e. The van der Waals surface area contributed by atoms with Gasteiger partial charge in [0.25, 0.3) is 0 Å². The standard InChI is InChI=1S/C33H29FN6O3/c1-18-26(12-11-24(27(18)34)39-31(41)20-14-33(15-20)16-21(17-33)32(42)43)40-29(22-8-5-13-36-28(22)35)38-25-10-9-23(37-30(25)40)19-6-3-2-4-7-19/h2-13,20-21H,14-17H2,1H3,(H2,35,36)(H,39,41)(H,42,43). The average Bonchev–Trinajstić information content (AvgIpc) is 3.33. The van der Waals surface area contributed by atoms with Crippen molar-refractivity contribution in [3.05, 3.63) is 84.3 Å². The predicted molar refractivity (Wildman–Crippen MR) is 161 cm³/mol. The van der Waals surface area contributed by atoms with Crippen LogP contribution in [0.4, 0.5) is 15.9 Å². The highest BCUT2D eigenvalue weighted by atomic mass is 19.1. The molecule has 10 heteroatoms. The van der Waals surface area contributed by atoms with Crippen LogP contribution >= 0.6 is 0 Å². The van der Waals surface area contributed by atoms with Gasteiger partial charge in [0.2, 0.25) is 5.91 Å². The molecule has 2 saturated carbocycles. The number of fused-ring (bicyclic) bond motifs is 1. The Morgan fingerprint density at radius 2 is 1.72 bits per heavy atom. The number of hydrogen-bond acceptors (Lipinski definition) is 6. The van der Waals surface area contributed by atoms with Crippen LogP contribution < -0.4 is 11.1 Å². The first-order valence-corrected chi connectivity index (χ1v) is 14.2. The quantitative estimate of drug-likeness (QED) is 0.225. The number of carboxylic acids is 1. The van der Waals surface area contributed by atoms with E-state index in [0.717, 1.165) is 11.3 Å². The van der Waals surface area contributed by atoms with E-state index in [-0.39, 0.29) is 34.7 Å². The molecule has 4 N–H and O–H groups in total. The molecule has 216 valence electrons. The molecule has 3 aromatic heterocycles. The van der Waals surface area contributed by atoms with Gasteiger partial charge in [-0.15, -0.1) is 0 Å². The summed E-state index contributed by atoms with van der Waals surface area (Å²) in [4.78, 5) is 38.2. The zero-order valence-corrected chi connectivity index (χ0v) is 23.4. The summed E-state index contributed by atoms with van der Waals surface area (Å²) in [5.41, 5.74) is 10.5. The number of nitrogens with zero attached hydrogens (tertiary/aromatic N) is 4. The summed E-state index contributed by atoms with van der Waals surface area (Å²) >= 11 is 0. The molecule has 7 rings (SSSR count). The van der Waals surface area contributed by atoms with Gasteiger partial charge in [0.15, 0.2) is 17.3 Å². The van der Waals surface area contributed by atoms with E-state index in [1.54, 1.807) is 35.9 Å². The summed E-state index contributed by atoms with van der Waals surface area (Å²) < 4.78 is 17.7. The Balaban J connectivity index is 1.24. The highest BCUT2D eigenvalue weighted by Gasteiger charge is 2.56. The normalized spacial score (nSPS) is 20.9. The molecule has 5 aromatic rings. The number of rotatable bonds is 6. The Morgan fingerprint density at radius 3 is 2.44 bits per heavy atom. The van der Waals surface area contributed by atoms with E-state index in [0.29, 0.717) is 59.5 Å². The molecular formula is C33H29FN6O3. The molecule has 2 aliphatic rings. The first kappa shape index (κ1) is 26.8. The number of imidazole rings is 1. The summed E-state index contributed by atoms with van der Waals surface area (Å²) in [5.74, 6) is -1.40. The van der Waals surface area contributed by atoms with Crippen LogP contribution in [0, 0.1) is 30.0 Å². The van der Waals surface area contributed by atoms with Gasteiger partial charge in [-0.2, -0.15) is 0 Å². The third kappa shape index (κ3) is 4.50. The third-order valence-corrected chi connectivity index (χ3v) is 8.95. The van der Waals surface area contributed by atoms with Crippen molar-refractivity contribution in [3.8, 4) is 28.3 Å². The number of carbonyl (C=O) groups is 2. The van der Waals surface area contributed by atoms with E-state index in [9.17, 15) is 14.7 Å². The van der Waals surface area contributed by atoms with Crippen LogP contribution in [0.5, 0.6) is 0 Å². The number of carbonyl (C=O) groups excluding carboxylic acids is 1. The zero-order valence-electron chi connectivity index (χ0n) is 23.4. The number of aliphatic carboxylic acids is 1. The van der Waals surface area contributed by atoms with Gasteiger partial charge in [-0.05, 0) is 74.4 Å². The van der Waals surface area contributed by atoms with Crippen LogP contribution in [0.3, 0.4) is 0 Å². The van der Waals surface area contributed by atoms with Gasteiger partial charge >= 0.3 is 5.97 Å². The highest BCUT2D eigenvalue weighted by molar-refractivity contribution is 5.94. The molecular weight excluding hydrogens is 547 g/mol. The molecule has 0 radical (unpaired) electrons. The van der Waals surface area contributed by atoms with Crippen molar-refractivity contribution < 1.29 is 19.1 Å². The molecule has 0 atom stereocenters. The molecule has 0 bridgehead atoms. The monoisotopic (exact) mass is 576 g/mol. The van der Waals surface area contributed by atoms with Gasteiger partial charge in [-0.25, -0.2) is 19.3 Å². The minimum atomic E-state index is -0.775. The molecule has 43 heavy (non-hydrogen) atoms. The molecule has 3 heterocycles. The maximum absolute atomic E-state index is 16.0. The Morgan fingerprint density at radius 1 is 0.977 bits per heavy atom. The van der Waals surface area contributed by atoms with Crippen LogP contribution in [0.2, 0.25) is 0 Å². The lowest BCUT2D eigenvalue weighted by molar-refractivity contribution is -0.159. The number of aromatic nitrogens is 4. The van der Waals surface area contributed by atoms with Gasteiger partial charge in [0.1, 0.15) is 11.3 Å². The molecule has 0 aliphatic heterocycles. The summed E-state index contributed by atoms with van der Waals surface area (Å²) in [5, 5.41) is 12.0. The number of nitrogens with two attached hydrogens (primary N) is 1. The smallest absolute Gasteiger partial charge is 0.306 e. The van der Waals surface area contributed by atoms with E-state index in [1.165, 1.54) is 0 Å². The van der Waals surface area contributed by atoms with E-state index in [4.69, 9.17) is 15.7 Å². The molecule has 0 saturated heterocycles. The van der Waals surface area contributed by atoms with Crippen LogP contribution in [0.25, 0.3) is 39.5 Å². The predicted octanol–water partition coefficient (Wildman–Crippen LogP) is 6.01. The fraction of sp³-hybridized carbons (Fsp3) is 0.242. The number of halogens is 1. The maximum atomic E-state index is 16.0. The largest absolute Gasteiger partial charge is 0.481 e. The third-order valence-electron chi connectivity index (χ3n) is 8.95. The topological polar surface area (TPSA) is 136 Å². The van der Waals surface area contributed by atoms with Gasteiger partial charge in [-0.1, -0.05) is 30.3 Å². The molecule has 2 aromatic carbocycles. The Kier molecular flexibility index (Phi) is 6.23. The number of anilines is 2. The summed E-state index contributed by atoms with van der Waals surface area (Å²) in [6.07, 6.45) is 4.08. The Labute approximate surface area is 246 Å². The van der Waals surface area contributed by atoms with Crippen LogP contribution in [0.15, 0.2) is 72.9 Å². The van der Waals surface area contributed by atoms with E-state index in [2.05, 4.69) is 10.3 Å². The number of hydrogen-bond donors (Lipinski definition) is 3. The number of nitrogens with one attached hydrogen (secondary N) is 1. The summed E-state index contributed by atoms with van der Waals surface area (Å²) in [6.45, 7) is 1.66. The Bertz CT molecular complexity index is 1910. The minimum Gasteiger partial charge on any atom is -0.481 e. The van der Waals surface area contributed by atoms with Crippen molar-refractivity contribution in [3.63, 3.8) is 0 Å². The van der Waals surface area contributed by atoms with Crippen LogP contribution in [0.1, 0.15) is 31.2 Å². The minimum absolute atomic E-state index is 0.0536. The van der Waals surface area contributed by atoms with Crippen molar-refractivity contribution in [1.29, 1.82) is 0 Å². The van der Waals surface area contributed by atoms with Gasteiger partial charge in [0.05, 0.1) is 28.6 Å². The molecule has 9 nitrogen and oxygen atoms in total. The lowest BCUT2D eigenvalue weighted by Gasteiger charge is -2.56. The lowest BCUT2D eigenvalue weighted by Crippen LogP contribution is -2.52. The SMILES string of the molecule is Cc1c(-n2c(-c3cccnc3N)nc3ccc(-c4ccccc4)nc32)ccc(NC(=O)C2CC3(CC(C(=O)O)C3)C2)c1F. The van der Waals surface area contributed by atoms with Gasteiger partial charge in [0, 0.05) is 23.2 Å². The first-order chi connectivity index (χ1) is 20.7. The van der Waals surface area contributed by atoms with Crippen LogP contribution in [-0.2, 0) is 9.59 Å². The molecule has 1 spiro atoms. The van der Waals surface area contributed by atoms with Crippen molar-refractivity contribution in [2.24, 2.45) is 17.3 Å². The number of nitrogen functional groups attached to an aromatic ring is 1. The van der Waals surface area contributed by atoms with Crippen molar-refractivity contribution in [2.45, 2.75) is 32.6 Å². The molecule has 2 fully saturated rings. The second-order valence-corrected chi connectivity index (χ2v) is 11.7. The second-order valence-electron chi connectivity index (χ2n) is 11.7.